The van der Waals surface area contributed by atoms with E-state index >= 15 is 0 Å². The predicted octanol–water partition coefficient (Wildman–Crippen LogP) is 2.06. The summed E-state index contributed by atoms with van der Waals surface area (Å²) >= 11 is 0. The van der Waals surface area contributed by atoms with Crippen LogP contribution in [0.2, 0.25) is 0 Å². The average Bonchev–Trinajstić information content (AvgIpc) is 3.23. The summed E-state index contributed by atoms with van der Waals surface area (Å²) in [6, 6.07) is -1.30. The van der Waals surface area contributed by atoms with E-state index in [2.05, 4.69) is 10.6 Å². The Bertz CT molecular complexity index is 841. The van der Waals surface area contributed by atoms with Crippen LogP contribution in [0.4, 0.5) is 4.79 Å². The number of rotatable bonds is 11. The highest BCUT2D eigenvalue weighted by Crippen LogP contribution is 2.34. The largest absolute Gasteiger partial charge is 0.369 e. The van der Waals surface area contributed by atoms with Crippen LogP contribution in [0.1, 0.15) is 80.1 Å². The second-order valence-corrected chi connectivity index (χ2v) is 12.8. The molecule has 10 heteroatoms. The maximum atomic E-state index is 13.9. The molecule has 0 heterocycles. The Morgan fingerprint density at radius 2 is 1.57 bits per heavy atom. The van der Waals surface area contributed by atoms with Crippen LogP contribution in [0.15, 0.2) is 0 Å². The Labute approximate surface area is 221 Å². The molecule has 2 unspecified atom stereocenters. The van der Waals surface area contributed by atoms with Gasteiger partial charge in [-0.05, 0) is 63.7 Å². The molecule has 0 aromatic carbocycles. The number of hydrogen-bond donors (Lipinski definition) is 3. The van der Waals surface area contributed by atoms with Gasteiger partial charge in [0.05, 0.1) is 13.1 Å². The van der Waals surface area contributed by atoms with Gasteiger partial charge in [0, 0.05) is 24.5 Å². The van der Waals surface area contributed by atoms with Gasteiger partial charge in [0.2, 0.25) is 17.7 Å². The fourth-order valence-electron chi connectivity index (χ4n) is 5.15. The van der Waals surface area contributed by atoms with Gasteiger partial charge < -0.3 is 31.0 Å². The van der Waals surface area contributed by atoms with E-state index in [1.165, 1.54) is 4.90 Å². The molecule has 0 bridgehead atoms. The molecule has 0 aliphatic heterocycles. The van der Waals surface area contributed by atoms with E-state index in [0.717, 1.165) is 32.1 Å². The molecule has 2 saturated carbocycles. The Kier molecular flexibility index (Phi) is 10.5. The van der Waals surface area contributed by atoms with Crippen LogP contribution < -0.4 is 16.4 Å². The lowest BCUT2D eigenvalue weighted by Crippen LogP contribution is -2.60. The van der Waals surface area contributed by atoms with Gasteiger partial charge in [0.25, 0.3) is 0 Å². The number of primary amides is 1. The molecular formula is C27H47N5O5. The van der Waals surface area contributed by atoms with Crippen LogP contribution in [0.5, 0.6) is 0 Å². The van der Waals surface area contributed by atoms with Crippen molar-refractivity contribution in [1.29, 1.82) is 0 Å². The molecule has 10 nitrogen and oxygen atoms in total. The van der Waals surface area contributed by atoms with Gasteiger partial charge in [-0.3, -0.25) is 14.4 Å². The Morgan fingerprint density at radius 3 is 2.03 bits per heavy atom. The smallest absolute Gasteiger partial charge is 0.315 e. The highest BCUT2D eigenvalue weighted by molar-refractivity contribution is 5.91. The zero-order chi connectivity index (χ0) is 28.0. The SMILES string of the molecule is CC(C)(C)NC(=O)N[C@H](C(=O)N(CC(=O)N(CC=O)CC1CCC1C(N)=O)CC1CCCC1)C(C)(C)C. The number of aldehydes is 1. The lowest BCUT2D eigenvalue weighted by molar-refractivity contribution is -0.145. The van der Waals surface area contributed by atoms with Crippen molar-refractivity contribution in [2.45, 2.75) is 91.6 Å². The number of urea groups is 1. The highest BCUT2D eigenvalue weighted by Gasteiger charge is 2.40. The minimum Gasteiger partial charge on any atom is -0.369 e. The van der Waals surface area contributed by atoms with E-state index in [1.54, 1.807) is 4.90 Å². The van der Waals surface area contributed by atoms with Gasteiger partial charge in [-0.2, -0.15) is 0 Å². The summed E-state index contributed by atoms with van der Waals surface area (Å²) in [5.41, 5.74) is 4.39. The lowest BCUT2D eigenvalue weighted by Gasteiger charge is -2.39. The summed E-state index contributed by atoms with van der Waals surface area (Å²) in [4.78, 5) is 66.0. The first-order valence-electron chi connectivity index (χ1n) is 13.5. The third-order valence-electron chi connectivity index (χ3n) is 7.35. The van der Waals surface area contributed by atoms with Crippen LogP contribution in [0.3, 0.4) is 0 Å². The molecule has 2 rings (SSSR count). The minimum atomic E-state index is -0.852. The third kappa shape index (κ3) is 9.31. The van der Waals surface area contributed by atoms with Gasteiger partial charge in [-0.25, -0.2) is 4.79 Å². The van der Waals surface area contributed by atoms with E-state index in [-0.39, 0.29) is 55.1 Å². The Balaban J connectivity index is 2.23. The van der Waals surface area contributed by atoms with Gasteiger partial charge in [0.1, 0.15) is 12.3 Å². The van der Waals surface area contributed by atoms with Gasteiger partial charge in [-0.1, -0.05) is 33.6 Å². The van der Waals surface area contributed by atoms with Crippen molar-refractivity contribution in [1.82, 2.24) is 20.4 Å². The lowest BCUT2D eigenvalue weighted by atomic mass is 9.73. The number of carbonyl (C=O) groups excluding carboxylic acids is 5. The van der Waals surface area contributed by atoms with Crippen LogP contribution in [0, 0.1) is 23.2 Å². The molecule has 37 heavy (non-hydrogen) atoms. The molecule has 0 aromatic heterocycles. The van der Waals surface area contributed by atoms with Crippen LogP contribution in [-0.4, -0.2) is 77.6 Å². The Morgan fingerprint density at radius 1 is 0.946 bits per heavy atom. The number of carbonyl (C=O) groups is 5. The van der Waals surface area contributed by atoms with E-state index < -0.39 is 23.0 Å². The number of nitrogens with one attached hydrogen (secondary N) is 2. The fraction of sp³-hybridized carbons (Fsp3) is 0.815. The first-order chi connectivity index (χ1) is 17.1. The van der Waals surface area contributed by atoms with Crippen molar-refractivity contribution in [2.75, 3.05) is 26.2 Å². The summed E-state index contributed by atoms with van der Waals surface area (Å²) in [6.45, 7) is 11.6. The molecule has 0 spiro atoms. The molecule has 3 atom stereocenters. The first-order valence-corrected chi connectivity index (χ1v) is 13.5. The fourth-order valence-corrected chi connectivity index (χ4v) is 5.15. The molecule has 5 amide bonds. The summed E-state index contributed by atoms with van der Waals surface area (Å²) in [7, 11) is 0. The number of nitrogens with zero attached hydrogens (tertiary/aromatic N) is 2. The number of nitrogens with two attached hydrogens (primary N) is 1. The minimum absolute atomic E-state index is 0.0783. The monoisotopic (exact) mass is 521 g/mol. The summed E-state index contributed by atoms with van der Waals surface area (Å²) in [5.74, 6) is -1.15. The molecule has 0 radical (unpaired) electrons. The maximum Gasteiger partial charge on any atom is 0.315 e. The van der Waals surface area contributed by atoms with Crippen molar-refractivity contribution in [3.63, 3.8) is 0 Å². The van der Waals surface area contributed by atoms with Crippen LogP contribution in [0.25, 0.3) is 0 Å². The standard InChI is InChI=1S/C27H47N5O5/c1-26(2,3)22(29-25(37)30-27(4,5)6)24(36)32(15-18-9-7-8-10-18)17-21(34)31(13-14-33)16-19-11-12-20(19)23(28)35/h14,18-20,22H,7-13,15-17H2,1-6H3,(H2,28,35)(H2,29,30,37)/t19?,20?,22-/m1/s1. The third-order valence-corrected chi connectivity index (χ3v) is 7.35. The van der Waals surface area contributed by atoms with Crippen LogP contribution >= 0.6 is 0 Å². The van der Waals surface area contributed by atoms with Crippen molar-refractivity contribution in [2.24, 2.45) is 28.9 Å². The van der Waals surface area contributed by atoms with Gasteiger partial charge in [-0.15, -0.1) is 0 Å². The second kappa shape index (κ2) is 12.7. The molecule has 0 saturated heterocycles. The van der Waals surface area contributed by atoms with E-state index in [4.69, 9.17) is 5.73 Å². The van der Waals surface area contributed by atoms with E-state index in [0.29, 0.717) is 19.3 Å². The first kappa shape index (κ1) is 30.6. The molecule has 4 N–H and O–H groups in total. The molecule has 210 valence electrons. The quantitative estimate of drug-likeness (QED) is 0.357. The Hall–Kier alpha value is -2.65. The molecule has 2 fully saturated rings. The molecular weight excluding hydrogens is 474 g/mol. The average molecular weight is 522 g/mol. The van der Waals surface area contributed by atoms with Crippen molar-refractivity contribution in [3.05, 3.63) is 0 Å². The van der Waals surface area contributed by atoms with Crippen molar-refractivity contribution in [3.8, 4) is 0 Å². The topological polar surface area (TPSA) is 142 Å². The molecule has 2 aliphatic carbocycles. The number of amides is 5. The van der Waals surface area contributed by atoms with Crippen molar-refractivity contribution >= 4 is 30.0 Å². The normalized spacial score (nSPS) is 20.9. The second-order valence-electron chi connectivity index (χ2n) is 12.8. The predicted molar refractivity (Wildman–Crippen MR) is 141 cm³/mol. The summed E-state index contributed by atoms with van der Waals surface area (Å²) < 4.78 is 0. The zero-order valence-corrected chi connectivity index (χ0v) is 23.5. The number of hydrogen-bond acceptors (Lipinski definition) is 5. The highest BCUT2D eigenvalue weighted by atomic mass is 16.2. The van der Waals surface area contributed by atoms with Gasteiger partial charge in [0.15, 0.2) is 0 Å². The summed E-state index contributed by atoms with van der Waals surface area (Å²) in [6.07, 6.45) is 6.25. The van der Waals surface area contributed by atoms with E-state index in [1.807, 2.05) is 41.5 Å². The summed E-state index contributed by atoms with van der Waals surface area (Å²) in [5, 5.41) is 5.68. The molecule has 2 aliphatic rings. The maximum absolute atomic E-state index is 13.9. The van der Waals surface area contributed by atoms with Crippen molar-refractivity contribution < 1.29 is 24.0 Å². The van der Waals surface area contributed by atoms with E-state index in [9.17, 15) is 24.0 Å². The van der Waals surface area contributed by atoms with Crippen LogP contribution in [-0.2, 0) is 19.2 Å². The zero-order valence-electron chi connectivity index (χ0n) is 23.5. The molecule has 0 aromatic rings. The van der Waals surface area contributed by atoms with Gasteiger partial charge >= 0.3 is 6.03 Å².